The molecule has 1 aliphatic rings. The van der Waals surface area contributed by atoms with Crippen molar-refractivity contribution < 1.29 is 14.6 Å². The fourth-order valence-corrected chi connectivity index (χ4v) is 2.93. The molecule has 1 fully saturated rings. The molecule has 1 aromatic heterocycles. The van der Waals surface area contributed by atoms with Crippen molar-refractivity contribution in [3.05, 3.63) is 33.9 Å². The highest BCUT2D eigenvalue weighted by Crippen LogP contribution is 2.30. The van der Waals surface area contributed by atoms with Crippen LogP contribution in [-0.2, 0) is 4.79 Å². The molecule has 0 bridgehead atoms. The highest BCUT2D eigenvalue weighted by molar-refractivity contribution is 9.10. The van der Waals surface area contributed by atoms with Crippen molar-refractivity contribution >= 4 is 56.8 Å². The molecule has 1 saturated heterocycles. The molecule has 2 aromatic rings. The summed E-state index contributed by atoms with van der Waals surface area (Å²) in [6.07, 6.45) is 0.232. The van der Waals surface area contributed by atoms with Crippen molar-refractivity contribution in [2.75, 3.05) is 6.54 Å². The molecule has 1 aliphatic heterocycles. The van der Waals surface area contributed by atoms with Crippen LogP contribution < -0.4 is 10.1 Å². The van der Waals surface area contributed by atoms with Crippen LogP contribution in [0.25, 0.3) is 10.9 Å². The van der Waals surface area contributed by atoms with E-state index in [4.69, 9.17) is 21.4 Å². The predicted molar refractivity (Wildman–Crippen MR) is 90.2 cm³/mol. The minimum Gasteiger partial charge on any atom is -0.486 e. The van der Waals surface area contributed by atoms with E-state index in [0.717, 1.165) is 10.9 Å². The number of nitrogens with one attached hydrogen (secondary N) is 1. The molecule has 0 amide bonds. The van der Waals surface area contributed by atoms with Crippen LogP contribution in [0.1, 0.15) is 6.42 Å². The number of nitrogens with zero attached hydrogens (tertiary/aromatic N) is 1. The van der Waals surface area contributed by atoms with E-state index >= 15 is 0 Å². The Labute approximate surface area is 146 Å². The lowest BCUT2D eigenvalue weighted by molar-refractivity contribution is -0.139. The van der Waals surface area contributed by atoms with Gasteiger partial charge in [-0.05, 0) is 40.2 Å². The van der Waals surface area contributed by atoms with Crippen molar-refractivity contribution in [1.82, 2.24) is 10.3 Å². The van der Waals surface area contributed by atoms with Gasteiger partial charge in [0.1, 0.15) is 16.7 Å². The number of ether oxygens (including phenoxy) is 1. The average Bonchev–Trinajstić information content (AvgIpc) is 2.89. The molecule has 8 heteroatoms. The second-order valence-corrected chi connectivity index (χ2v) is 6.08. The number of halogens is 3. The molecule has 3 rings (SSSR count). The summed E-state index contributed by atoms with van der Waals surface area (Å²) in [7, 11) is 0. The predicted octanol–water partition coefficient (Wildman–Crippen LogP) is 3.27. The van der Waals surface area contributed by atoms with Crippen molar-refractivity contribution in [3.8, 4) is 5.75 Å². The Morgan fingerprint density at radius 3 is 2.91 bits per heavy atom. The molecule has 0 radical (unpaired) electrons. The standard InChI is InChI=1S/C14H12BrClN2O3.ClH/c15-13-12(21-9-5-11(14(19)20)17-6-9)4-7-3-8(16)1-2-10(7)18-13;/h1-4,9,11,17H,5-6H2,(H,19,20);1H/t9-,11+;/m1./s1. The van der Waals surface area contributed by atoms with Crippen LogP contribution in [0.2, 0.25) is 5.02 Å². The van der Waals surface area contributed by atoms with Crippen molar-refractivity contribution in [2.45, 2.75) is 18.6 Å². The summed E-state index contributed by atoms with van der Waals surface area (Å²) in [5.41, 5.74) is 0.812. The van der Waals surface area contributed by atoms with Gasteiger partial charge in [-0.25, -0.2) is 4.98 Å². The quantitative estimate of drug-likeness (QED) is 0.764. The summed E-state index contributed by atoms with van der Waals surface area (Å²) < 4.78 is 6.45. The summed E-state index contributed by atoms with van der Waals surface area (Å²) in [6.45, 7) is 0.497. The lowest BCUT2D eigenvalue weighted by Crippen LogP contribution is -2.30. The van der Waals surface area contributed by atoms with Gasteiger partial charge in [0.05, 0.1) is 5.52 Å². The molecule has 5 nitrogen and oxygen atoms in total. The fourth-order valence-electron chi connectivity index (χ4n) is 2.35. The van der Waals surface area contributed by atoms with E-state index in [1.54, 1.807) is 6.07 Å². The number of rotatable bonds is 3. The zero-order valence-corrected chi connectivity index (χ0v) is 14.4. The van der Waals surface area contributed by atoms with E-state index < -0.39 is 12.0 Å². The number of aromatic nitrogens is 1. The zero-order chi connectivity index (χ0) is 15.0. The third-order valence-corrected chi connectivity index (χ3v) is 4.18. The third kappa shape index (κ3) is 3.63. The Kier molecular flexibility index (Phi) is 5.50. The Balaban J connectivity index is 0.00000176. The van der Waals surface area contributed by atoms with Gasteiger partial charge in [0.25, 0.3) is 0 Å². The van der Waals surface area contributed by atoms with E-state index in [0.29, 0.717) is 28.3 Å². The van der Waals surface area contributed by atoms with Crippen LogP contribution in [0.5, 0.6) is 5.75 Å². The first kappa shape index (κ1) is 17.3. The van der Waals surface area contributed by atoms with Crippen LogP contribution in [0, 0.1) is 0 Å². The second-order valence-electron chi connectivity index (χ2n) is 4.89. The van der Waals surface area contributed by atoms with Gasteiger partial charge in [-0.15, -0.1) is 12.4 Å². The number of carboxylic acids is 1. The zero-order valence-electron chi connectivity index (χ0n) is 11.3. The van der Waals surface area contributed by atoms with E-state index in [1.165, 1.54) is 0 Å². The van der Waals surface area contributed by atoms with Crippen LogP contribution in [0.3, 0.4) is 0 Å². The second kappa shape index (κ2) is 7.00. The van der Waals surface area contributed by atoms with E-state index in [2.05, 4.69) is 26.2 Å². The van der Waals surface area contributed by atoms with Gasteiger partial charge in [-0.2, -0.15) is 0 Å². The largest absolute Gasteiger partial charge is 0.486 e. The van der Waals surface area contributed by atoms with Gasteiger partial charge in [0.2, 0.25) is 0 Å². The summed E-state index contributed by atoms with van der Waals surface area (Å²) >= 11 is 9.36. The Hall–Kier alpha value is -1.08. The molecule has 22 heavy (non-hydrogen) atoms. The topological polar surface area (TPSA) is 71.5 Å². The SMILES string of the molecule is Cl.O=C(O)[C@@H]1C[C@@H](Oc2cc3cc(Cl)ccc3nc2Br)CN1. The van der Waals surface area contributed by atoms with Gasteiger partial charge in [0, 0.05) is 23.4 Å². The lowest BCUT2D eigenvalue weighted by atomic mass is 10.2. The monoisotopic (exact) mass is 406 g/mol. The van der Waals surface area contributed by atoms with E-state index in [9.17, 15) is 4.79 Å². The average molecular weight is 408 g/mol. The maximum atomic E-state index is 10.9. The first-order valence-corrected chi connectivity index (χ1v) is 7.58. The van der Waals surface area contributed by atoms with Crippen LogP contribution in [-0.4, -0.2) is 34.8 Å². The number of fused-ring (bicyclic) bond motifs is 1. The van der Waals surface area contributed by atoms with Gasteiger partial charge in [-0.3, -0.25) is 4.79 Å². The summed E-state index contributed by atoms with van der Waals surface area (Å²) in [5, 5.41) is 13.4. The van der Waals surface area contributed by atoms with Gasteiger partial charge in [-0.1, -0.05) is 11.6 Å². The van der Waals surface area contributed by atoms with Crippen LogP contribution in [0.4, 0.5) is 0 Å². The van der Waals surface area contributed by atoms with Crippen LogP contribution >= 0.6 is 39.9 Å². The van der Waals surface area contributed by atoms with Crippen LogP contribution in [0.15, 0.2) is 28.9 Å². The molecule has 1 aromatic carbocycles. The smallest absolute Gasteiger partial charge is 0.320 e. The molecule has 0 aliphatic carbocycles. The summed E-state index contributed by atoms with van der Waals surface area (Å²) in [6, 6.07) is 6.73. The van der Waals surface area contributed by atoms with Gasteiger partial charge in [0.15, 0.2) is 5.75 Å². The molecule has 2 heterocycles. The van der Waals surface area contributed by atoms with E-state index in [-0.39, 0.29) is 18.5 Å². The van der Waals surface area contributed by atoms with Gasteiger partial charge < -0.3 is 15.2 Å². The molecule has 2 N–H and O–H groups in total. The van der Waals surface area contributed by atoms with Crippen molar-refractivity contribution in [2.24, 2.45) is 0 Å². The number of pyridine rings is 1. The number of hydrogen-bond acceptors (Lipinski definition) is 4. The normalized spacial score (nSPS) is 20.6. The number of carboxylic acid groups (broad SMARTS) is 1. The van der Waals surface area contributed by atoms with Crippen molar-refractivity contribution in [1.29, 1.82) is 0 Å². The molecular weight excluding hydrogens is 395 g/mol. The Bertz CT molecular complexity index is 714. The van der Waals surface area contributed by atoms with Crippen molar-refractivity contribution in [3.63, 3.8) is 0 Å². The number of hydrogen-bond donors (Lipinski definition) is 2. The van der Waals surface area contributed by atoms with Gasteiger partial charge >= 0.3 is 5.97 Å². The molecular formula is C14H13BrCl2N2O3. The molecule has 0 unspecified atom stereocenters. The minimum atomic E-state index is -0.858. The summed E-state index contributed by atoms with van der Waals surface area (Å²) in [5.74, 6) is -0.272. The Morgan fingerprint density at radius 2 is 2.23 bits per heavy atom. The molecule has 2 atom stereocenters. The highest BCUT2D eigenvalue weighted by Gasteiger charge is 2.30. The lowest BCUT2D eigenvalue weighted by Gasteiger charge is -2.14. The fraction of sp³-hybridized carbons (Fsp3) is 0.286. The molecule has 118 valence electrons. The number of aliphatic carboxylic acids is 1. The molecule has 0 spiro atoms. The molecule has 0 saturated carbocycles. The third-order valence-electron chi connectivity index (χ3n) is 3.38. The highest BCUT2D eigenvalue weighted by atomic mass is 79.9. The maximum absolute atomic E-state index is 10.9. The first-order chi connectivity index (χ1) is 10.0. The maximum Gasteiger partial charge on any atom is 0.320 e. The Morgan fingerprint density at radius 1 is 1.45 bits per heavy atom. The first-order valence-electron chi connectivity index (χ1n) is 6.41. The summed E-state index contributed by atoms with van der Waals surface area (Å²) in [4.78, 5) is 15.3. The number of benzene rings is 1. The minimum absolute atomic E-state index is 0. The van der Waals surface area contributed by atoms with E-state index in [1.807, 2.05) is 18.2 Å². The number of carbonyl (C=O) groups is 1.